The fourth-order valence-corrected chi connectivity index (χ4v) is 3.77. The molecule has 1 aromatic heterocycles. The van der Waals surface area contributed by atoms with Crippen LogP contribution in [0.25, 0.3) is 10.9 Å². The minimum absolute atomic E-state index is 0.318. The van der Waals surface area contributed by atoms with Gasteiger partial charge >= 0.3 is 0 Å². The van der Waals surface area contributed by atoms with E-state index in [1.807, 2.05) is 18.2 Å². The van der Waals surface area contributed by atoms with Gasteiger partial charge in [-0.1, -0.05) is 87.9 Å². The third-order valence-electron chi connectivity index (χ3n) is 5.38. The SMILES string of the molecule is CCCCCCCCCc1ccccc1Cc1ccc2cccnc2c1O. The number of nitrogens with zero attached hydrogens (tertiary/aromatic N) is 1. The van der Waals surface area contributed by atoms with Gasteiger partial charge in [-0.3, -0.25) is 4.98 Å². The molecule has 0 fully saturated rings. The molecule has 0 atom stereocenters. The van der Waals surface area contributed by atoms with Crippen LogP contribution >= 0.6 is 0 Å². The van der Waals surface area contributed by atoms with E-state index in [4.69, 9.17) is 0 Å². The second-order valence-corrected chi connectivity index (χ2v) is 7.47. The molecule has 1 N–H and O–H groups in total. The average Bonchev–Trinajstić information content (AvgIpc) is 2.71. The van der Waals surface area contributed by atoms with E-state index in [9.17, 15) is 5.11 Å². The molecule has 2 aromatic carbocycles. The van der Waals surface area contributed by atoms with Crippen molar-refractivity contribution in [2.24, 2.45) is 0 Å². The van der Waals surface area contributed by atoms with Crippen LogP contribution in [0, 0.1) is 0 Å². The predicted molar refractivity (Wildman–Crippen MR) is 114 cm³/mol. The van der Waals surface area contributed by atoms with Gasteiger partial charge in [0, 0.05) is 23.6 Å². The molecule has 0 aliphatic rings. The second-order valence-electron chi connectivity index (χ2n) is 7.47. The molecule has 0 bridgehead atoms. The fraction of sp³-hybridized carbons (Fsp3) is 0.400. The van der Waals surface area contributed by atoms with Gasteiger partial charge < -0.3 is 5.11 Å². The Hall–Kier alpha value is -2.35. The van der Waals surface area contributed by atoms with E-state index in [1.54, 1.807) is 6.20 Å². The highest BCUT2D eigenvalue weighted by molar-refractivity contribution is 5.85. The normalized spacial score (nSPS) is 11.1. The lowest BCUT2D eigenvalue weighted by atomic mass is 9.95. The van der Waals surface area contributed by atoms with E-state index in [0.717, 1.165) is 23.8 Å². The summed E-state index contributed by atoms with van der Waals surface area (Å²) in [6, 6.07) is 16.6. The van der Waals surface area contributed by atoms with Crippen LogP contribution < -0.4 is 0 Å². The van der Waals surface area contributed by atoms with Crippen LogP contribution in [-0.2, 0) is 12.8 Å². The largest absolute Gasteiger partial charge is 0.505 e. The van der Waals surface area contributed by atoms with E-state index in [2.05, 4.69) is 42.2 Å². The first-order valence-electron chi connectivity index (χ1n) is 10.4. The van der Waals surface area contributed by atoms with E-state index in [0.29, 0.717) is 11.3 Å². The Labute approximate surface area is 163 Å². The van der Waals surface area contributed by atoms with Gasteiger partial charge in [0.1, 0.15) is 11.3 Å². The molecule has 2 heteroatoms. The van der Waals surface area contributed by atoms with Crippen LogP contribution in [0.3, 0.4) is 0 Å². The number of aromatic hydroxyl groups is 1. The maximum Gasteiger partial charge on any atom is 0.145 e. The summed E-state index contributed by atoms with van der Waals surface area (Å²) in [6.45, 7) is 2.26. The van der Waals surface area contributed by atoms with Crippen molar-refractivity contribution < 1.29 is 5.11 Å². The van der Waals surface area contributed by atoms with Crippen molar-refractivity contribution in [3.8, 4) is 5.75 Å². The summed E-state index contributed by atoms with van der Waals surface area (Å²) in [6.07, 6.45) is 12.9. The molecule has 1 heterocycles. The van der Waals surface area contributed by atoms with E-state index in [-0.39, 0.29) is 0 Å². The van der Waals surface area contributed by atoms with Crippen LogP contribution in [0.15, 0.2) is 54.7 Å². The van der Waals surface area contributed by atoms with Crippen molar-refractivity contribution in [2.45, 2.75) is 64.7 Å². The molecule has 0 saturated carbocycles. The van der Waals surface area contributed by atoms with E-state index in [1.165, 1.54) is 56.1 Å². The van der Waals surface area contributed by atoms with Gasteiger partial charge in [0.15, 0.2) is 0 Å². The van der Waals surface area contributed by atoms with Crippen LogP contribution in [0.4, 0.5) is 0 Å². The summed E-state index contributed by atoms with van der Waals surface area (Å²) in [4.78, 5) is 4.35. The van der Waals surface area contributed by atoms with Gasteiger partial charge in [-0.2, -0.15) is 0 Å². The molecule has 0 aliphatic carbocycles. The topological polar surface area (TPSA) is 33.1 Å². The molecule has 3 rings (SSSR count). The lowest BCUT2D eigenvalue weighted by Gasteiger charge is -2.12. The summed E-state index contributed by atoms with van der Waals surface area (Å²) < 4.78 is 0. The highest BCUT2D eigenvalue weighted by Crippen LogP contribution is 2.29. The summed E-state index contributed by atoms with van der Waals surface area (Å²) in [5.74, 6) is 0.318. The minimum Gasteiger partial charge on any atom is -0.505 e. The lowest BCUT2D eigenvalue weighted by Crippen LogP contribution is -1.97. The number of benzene rings is 2. The van der Waals surface area contributed by atoms with Gasteiger partial charge in [-0.25, -0.2) is 0 Å². The molecular weight excluding hydrogens is 330 g/mol. The highest BCUT2D eigenvalue weighted by Gasteiger charge is 2.10. The Morgan fingerprint density at radius 3 is 2.30 bits per heavy atom. The number of aryl methyl sites for hydroxylation is 1. The van der Waals surface area contributed by atoms with Crippen LogP contribution in [-0.4, -0.2) is 10.1 Å². The number of unbranched alkanes of at least 4 members (excludes halogenated alkanes) is 6. The van der Waals surface area contributed by atoms with Gasteiger partial charge in [-0.05, 0) is 30.0 Å². The number of aromatic nitrogens is 1. The zero-order chi connectivity index (χ0) is 18.9. The van der Waals surface area contributed by atoms with Crippen molar-refractivity contribution in [3.63, 3.8) is 0 Å². The molecular formula is C25H31NO. The van der Waals surface area contributed by atoms with Gasteiger partial charge in [0.05, 0.1) is 0 Å². The molecule has 0 amide bonds. The molecule has 0 aliphatic heterocycles. The quantitative estimate of drug-likeness (QED) is 0.402. The summed E-state index contributed by atoms with van der Waals surface area (Å²) in [7, 11) is 0. The maximum atomic E-state index is 10.7. The van der Waals surface area contributed by atoms with Gasteiger partial charge in [0.25, 0.3) is 0 Å². The van der Waals surface area contributed by atoms with Gasteiger partial charge in [-0.15, -0.1) is 0 Å². The summed E-state index contributed by atoms with van der Waals surface area (Å²) in [5, 5.41) is 11.6. The monoisotopic (exact) mass is 361 g/mol. The van der Waals surface area contributed by atoms with Crippen molar-refractivity contribution in [1.82, 2.24) is 4.98 Å². The Bertz CT molecular complexity index is 856. The molecule has 0 spiro atoms. The first kappa shape index (κ1) is 19.4. The number of pyridine rings is 1. The second kappa shape index (κ2) is 10.1. The standard InChI is InChI=1S/C25H31NO/c1-2-3-4-5-6-7-8-12-20-13-9-10-14-22(20)19-23-17-16-21-15-11-18-26-24(21)25(23)27/h9-11,13-18,27H,2-8,12,19H2,1H3. The zero-order valence-corrected chi connectivity index (χ0v) is 16.5. The number of rotatable bonds is 10. The number of phenolic OH excluding ortho intramolecular Hbond substituents is 1. The van der Waals surface area contributed by atoms with Crippen LogP contribution in [0.2, 0.25) is 0 Å². The molecule has 27 heavy (non-hydrogen) atoms. The lowest BCUT2D eigenvalue weighted by molar-refractivity contribution is 0.474. The first-order valence-corrected chi connectivity index (χ1v) is 10.4. The Balaban J connectivity index is 1.63. The Morgan fingerprint density at radius 2 is 1.48 bits per heavy atom. The van der Waals surface area contributed by atoms with Crippen molar-refractivity contribution in [3.05, 3.63) is 71.4 Å². The smallest absolute Gasteiger partial charge is 0.145 e. The van der Waals surface area contributed by atoms with Crippen molar-refractivity contribution >= 4 is 10.9 Å². The van der Waals surface area contributed by atoms with Crippen LogP contribution in [0.5, 0.6) is 5.75 Å². The highest BCUT2D eigenvalue weighted by atomic mass is 16.3. The maximum absolute atomic E-state index is 10.7. The number of phenols is 1. The van der Waals surface area contributed by atoms with E-state index >= 15 is 0 Å². The number of hydrogen-bond acceptors (Lipinski definition) is 2. The van der Waals surface area contributed by atoms with Crippen molar-refractivity contribution in [1.29, 1.82) is 0 Å². The average molecular weight is 362 g/mol. The number of fused-ring (bicyclic) bond motifs is 1. The van der Waals surface area contributed by atoms with Gasteiger partial charge in [0.2, 0.25) is 0 Å². The summed E-state index contributed by atoms with van der Waals surface area (Å²) in [5.41, 5.74) is 4.37. The van der Waals surface area contributed by atoms with Crippen LogP contribution in [0.1, 0.15) is 68.6 Å². The number of hydrogen-bond donors (Lipinski definition) is 1. The molecule has 142 valence electrons. The molecule has 0 unspecified atom stereocenters. The minimum atomic E-state index is 0.318. The molecule has 0 radical (unpaired) electrons. The summed E-state index contributed by atoms with van der Waals surface area (Å²) >= 11 is 0. The third kappa shape index (κ3) is 5.32. The Morgan fingerprint density at radius 1 is 0.741 bits per heavy atom. The Kier molecular flexibility index (Phi) is 7.27. The van der Waals surface area contributed by atoms with Crippen molar-refractivity contribution in [2.75, 3.05) is 0 Å². The molecule has 2 nitrogen and oxygen atoms in total. The first-order chi connectivity index (χ1) is 13.3. The molecule has 3 aromatic rings. The third-order valence-corrected chi connectivity index (χ3v) is 5.38. The van der Waals surface area contributed by atoms with E-state index < -0.39 is 0 Å². The predicted octanol–water partition coefficient (Wildman–Crippen LogP) is 6.82. The fourth-order valence-electron chi connectivity index (χ4n) is 3.77. The molecule has 0 saturated heterocycles. The zero-order valence-electron chi connectivity index (χ0n) is 16.5.